The Morgan fingerprint density at radius 1 is 0.262 bits per heavy atom. The monoisotopic (exact) mass is 542 g/mol. The summed E-state index contributed by atoms with van der Waals surface area (Å²) in [5.74, 6) is 26.6. The van der Waals surface area contributed by atoms with Crippen LogP contribution in [-0.2, 0) is 0 Å². The van der Waals surface area contributed by atoms with E-state index >= 15 is 0 Å². The Kier molecular flexibility index (Phi) is 9.13. The molecule has 0 aliphatic rings. The summed E-state index contributed by atoms with van der Waals surface area (Å²) in [6, 6.07) is 17.3. The zero-order valence-electron chi connectivity index (χ0n) is 26.6. The molecule has 0 N–H and O–H groups in total. The predicted octanol–water partition coefficient (Wildman–Crippen LogP) is 9.03. The van der Waals surface area contributed by atoms with Crippen molar-refractivity contribution in [2.24, 2.45) is 0 Å². The van der Waals surface area contributed by atoms with Crippen LogP contribution in [0.25, 0.3) is 0 Å². The van der Waals surface area contributed by atoms with E-state index in [1.807, 2.05) is 6.92 Å². The quantitative estimate of drug-likeness (QED) is 0.195. The second kappa shape index (κ2) is 12.7. The summed E-state index contributed by atoms with van der Waals surface area (Å²) in [6.07, 6.45) is 0. The summed E-state index contributed by atoms with van der Waals surface area (Å²) >= 11 is 0. The Bertz CT molecular complexity index is 1980. The van der Waals surface area contributed by atoms with Gasteiger partial charge in [0, 0.05) is 38.9 Å². The SMILES string of the molecule is CC#Cc1cc(C)c(C#Cc2cc(C)c(C#Cc3cc(C)c(C#Cc4cc(C)c(C)cc4C)cc3C)cc2C)cc1C. The molecule has 0 spiro atoms. The van der Waals surface area contributed by atoms with Crippen LogP contribution in [0.15, 0.2) is 48.5 Å². The lowest BCUT2D eigenvalue weighted by Gasteiger charge is -2.06. The minimum absolute atomic E-state index is 1.03. The Balaban J connectivity index is 1.60. The second-order valence-corrected chi connectivity index (χ2v) is 11.3. The van der Waals surface area contributed by atoms with Gasteiger partial charge in [-0.15, -0.1) is 5.92 Å². The standard InChI is InChI=1S/C42H38/c1-11-12-36-21-31(6)38(22-30(36)5)15-16-40-25-35(10)42(26-34(40)9)18-17-41-24-32(7)39(23-33(41)8)14-13-37-20-28(3)27(2)19-29(37)4/h19-26H,1-10H3. The van der Waals surface area contributed by atoms with Gasteiger partial charge in [0.15, 0.2) is 0 Å². The first-order chi connectivity index (χ1) is 20.0. The predicted molar refractivity (Wildman–Crippen MR) is 179 cm³/mol. The third-order valence-corrected chi connectivity index (χ3v) is 7.81. The van der Waals surface area contributed by atoms with Gasteiger partial charge in [-0.3, -0.25) is 0 Å². The van der Waals surface area contributed by atoms with Gasteiger partial charge in [-0.2, -0.15) is 0 Å². The van der Waals surface area contributed by atoms with Crippen molar-refractivity contribution in [3.05, 3.63) is 138 Å². The first-order valence-corrected chi connectivity index (χ1v) is 14.4. The molecular formula is C42H38. The largest absolute Gasteiger partial charge is 0.101 e. The normalized spacial score (nSPS) is 9.86. The number of aryl methyl sites for hydroxylation is 9. The van der Waals surface area contributed by atoms with Gasteiger partial charge in [-0.05, 0) is 162 Å². The first-order valence-electron chi connectivity index (χ1n) is 14.4. The molecule has 4 aromatic carbocycles. The van der Waals surface area contributed by atoms with E-state index in [0.717, 1.165) is 72.3 Å². The maximum atomic E-state index is 3.42. The minimum atomic E-state index is 1.03. The van der Waals surface area contributed by atoms with Crippen molar-refractivity contribution in [3.63, 3.8) is 0 Å². The minimum Gasteiger partial charge on any atom is -0.101 e. The zero-order chi connectivity index (χ0) is 30.6. The van der Waals surface area contributed by atoms with Gasteiger partial charge in [-0.25, -0.2) is 0 Å². The summed E-state index contributed by atoms with van der Waals surface area (Å²) in [5, 5.41) is 0. The van der Waals surface area contributed by atoms with Crippen LogP contribution in [0.3, 0.4) is 0 Å². The number of hydrogen-bond acceptors (Lipinski definition) is 0. The van der Waals surface area contributed by atoms with E-state index in [1.54, 1.807) is 0 Å². The maximum absolute atomic E-state index is 3.42. The molecule has 0 saturated carbocycles. The number of rotatable bonds is 0. The van der Waals surface area contributed by atoms with Crippen molar-refractivity contribution in [2.45, 2.75) is 69.2 Å². The van der Waals surface area contributed by atoms with Gasteiger partial charge in [0.2, 0.25) is 0 Å². The molecule has 0 nitrogen and oxygen atoms in total. The van der Waals surface area contributed by atoms with Crippen molar-refractivity contribution in [1.82, 2.24) is 0 Å². The van der Waals surface area contributed by atoms with Crippen molar-refractivity contribution in [1.29, 1.82) is 0 Å². The molecule has 0 bridgehead atoms. The molecule has 0 unspecified atom stereocenters. The fourth-order valence-electron chi connectivity index (χ4n) is 4.89. The van der Waals surface area contributed by atoms with Crippen LogP contribution in [0.5, 0.6) is 0 Å². The average Bonchev–Trinajstić information content (AvgIpc) is 2.93. The van der Waals surface area contributed by atoms with Crippen molar-refractivity contribution < 1.29 is 0 Å². The molecule has 0 atom stereocenters. The molecule has 42 heavy (non-hydrogen) atoms. The van der Waals surface area contributed by atoms with E-state index in [4.69, 9.17) is 0 Å². The lowest BCUT2D eigenvalue weighted by atomic mass is 9.97. The van der Waals surface area contributed by atoms with Crippen molar-refractivity contribution >= 4 is 0 Å². The van der Waals surface area contributed by atoms with Gasteiger partial charge in [0.1, 0.15) is 0 Å². The van der Waals surface area contributed by atoms with Crippen LogP contribution in [0, 0.1) is 110 Å². The molecular weight excluding hydrogens is 504 g/mol. The van der Waals surface area contributed by atoms with Gasteiger partial charge in [-0.1, -0.05) is 47.5 Å². The van der Waals surface area contributed by atoms with E-state index in [1.165, 1.54) is 16.7 Å². The van der Waals surface area contributed by atoms with Gasteiger partial charge in [0.25, 0.3) is 0 Å². The third kappa shape index (κ3) is 6.87. The topological polar surface area (TPSA) is 0 Å². The van der Waals surface area contributed by atoms with Crippen LogP contribution >= 0.6 is 0 Å². The van der Waals surface area contributed by atoms with Gasteiger partial charge >= 0.3 is 0 Å². The highest BCUT2D eigenvalue weighted by atomic mass is 14.1. The third-order valence-electron chi connectivity index (χ3n) is 7.81. The molecule has 0 aromatic heterocycles. The average molecular weight is 543 g/mol. The fourth-order valence-corrected chi connectivity index (χ4v) is 4.89. The smallest absolute Gasteiger partial charge is 0.0281 e. The molecule has 0 heterocycles. The molecule has 0 radical (unpaired) electrons. The summed E-state index contributed by atoms with van der Waals surface area (Å²) in [4.78, 5) is 0. The number of hydrogen-bond donors (Lipinski definition) is 0. The van der Waals surface area contributed by atoms with Crippen molar-refractivity contribution in [3.8, 4) is 47.4 Å². The van der Waals surface area contributed by atoms with E-state index < -0.39 is 0 Å². The zero-order valence-corrected chi connectivity index (χ0v) is 26.6. The molecule has 206 valence electrons. The lowest BCUT2D eigenvalue weighted by Crippen LogP contribution is -1.93. The Labute approximate surface area is 253 Å². The second-order valence-electron chi connectivity index (χ2n) is 11.3. The van der Waals surface area contributed by atoms with Gasteiger partial charge < -0.3 is 0 Å². The molecule has 0 aliphatic heterocycles. The molecule has 0 fully saturated rings. The summed E-state index contributed by atoms with van der Waals surface area (Å²) < 4.78 is 0. The molecule has 4 rings (SSSR count). The lowest BCUT2D eigenvalue weighted by molar-refractivity contribution is 1.28. The molecule has 4 aromatic rings. The highest BCUT2D eigenvalue weighted by Gasteiger charge is 2.06. The molecule has 0 heteroatoms. The Hall–Kier alpha value is -4.88. The molecule has 0 aliphatic carbocycles. The van der Waals surface area contributed by atoms with Crippen LogP contribution in [-0.4, -0.2) is 0 Å². The van der Waals surface area contributed by atoms with Crippen LogP contribution in [0.1, 0.15) is 95.9 Å². The molecule has 0 amide bonds. The maximum Gasteiger partial charge on any atom is 0.0281 e. The summed E-state index contributed by atoms with van der Waals surface area (Å²) in [5.41, 5.74) is 17.9. The fraction of sp³-hybridized carbons (Fsp3) is 0.238. The molecule has 0 saturated heterocycles. The first kappa shape index (κ1) is 30.1. The highest BCUT2D eigenvalue weighted by Crippen LogP contribution is 2.20. The Morgan fingerprint density at radius 2 is 0.452 bits per heavy atom. The van der Waals surface area contributed by atoms with Crippen molar-refractivity contribution in [2.75, 3.05) is 0 Å². The van der Waals surface area contributed by atoms with Crippen LogP contribution < -0.4 is 0 Å². The summed E-state index contributed by atoms with van der Waals surface area (Å²) in [6.45, 7) is 20.9. The van der Waals surface area contributed by atoms with Crippen LogP contribution in [0.4, 0.5) is 0 Å². The van der Waals surface area contributed by atoms with E-state index in [-0.39, 0.29) is 0 Å². The van der Waals surface area contributed by atoms with E-state index in [2.05, 4.69) is 158 Å². The highest BCUT2D eigenvalue weighted by molar-refractivity contribution is 5.59. The number of benzene rings is 4. The van der Waals surface area contributed by atoms with E-state index in [9.17, 15) is 0 Å². The van der Waals surface area contributed by atoms with Crippen LogP contribution in [0.2, 0.25) is 0 Å². The van der Waals surface area contributed by atoms with Gasteiger partial charge in [0.05, 0.1) is 0 Å². The van der Waals surface area contributed by atoms with E-state index in [0.29, 0.717) is 0 Å². The Morgan fingerprint density at radius 3 is 0.714 bits per heavy atom. The summed E-state index contributed by atoms with van der Waals surface area (Å²) in [7, 11) is 0.